The molecule has 0 aliphatic carbocycles. The second kappa shape index (κ2) is 9.58. The van der Waals surface area contributed by atoms with Gasteiger partial charge in [0.25, 0.3) is 0 Å². The summed E-state index contributed by atoms with van der Waals surface area (Å²) in [5.74, 6) is -1.37. The first kappa shape index (κ1) is 25.1. The number of nitrogens with zero attached hydrogens (tertiary/aromatic N) is 3. The lowest BCUT2D eigenvalue weighted by Gasteiger charge is -2.12. The lowest BCUT2D eigenvalue weighted by atomic mass is 10.0. The summed E-state index contributed by atoms with van der Waals surface area (Å²) in [5.41, 5.74) is 8.87. The number of benzene rings is 2. The quantitative estimate of drug-likeness (QED) is 0.291. The minimum atomic E-state index is -3.89. The van der Waals surface area contributed by atoms with Gasteiger partial charge >= 0.3 is 0 Å². The number of thiazole rings is 1. The van der Waals surface area contributed by atoms with E-state index in [4.69, 9.17) is 10.9 Å². The maximum atomic E-state index is 12.6. The van der Waals surface area contributed by atoms with Gasteiger partial charge in [-0.3, -0.25) is 4.79 Å². The molecule has 0 aliphatic heterocycles. The van der Waals surface area contributed by atoms with E-state index in [1.807, 2.05) is 36.4 Å². The Morgan fingerprint density at radius 2 is 1.66 bits per heavy atom. The van der Waals surface area contributed by atoms with Gasteiger partial charge in [0, 0.05) is 18.4 Å². The molecule has 4 rings (SSSR count). The number of sulfone groups is 1. The van der Waals surface area contributed by atoms with Crippen molar-refractivity contribution in [2.45, 2.75) is 5.25 Å². The Balaban J connectivity index is 1.61. The number of nitrogens with two attached hydrogens (primary N) is 2. The fourth-order valence-electron chi connectivity index (χ4n) is 3.29. The van der Waals surface area contributed by atoms with Crippen molar-refractivity contribution in [1.82, 2.24) is 20.5 Å². The molecule has 2 aromatic heterocycles. The third-order valence-corrected chi connectivity index (χ3v) is 8.99. The van der Waals surface area contributed by atoms with Gasteiger partial charge in [-0.05, 0) is 23.3 Å². The molecule has 1 unspecified atom stereocenters. The number of fused-ring (bicyclic) bond motifs is 1. The number of primary sulfonamides is 1. The lowest BCUT2D eigenvalue weighted by molar-refractivity contribution is -0.120. The molecule has 0 radical (unpaired) electrons. The van der Waals surface area contributed by atoms with E-state index in [2.05, 4.69) is 20.5 Å². The highest BCUT2D eigenvalue weighted by Crippen LogP contribution is 2.34. The molecule has 0 spiro atoms. The average Bonchev–Trinajstić information content (AvgIpc) is 3.37. The predicted octanol–water partition coefficient (Wildman–Crippen LogP) is 1.55. The number of hydrogen-bond donors (Lipinski definition) is 3. The van der Waals surface area contributed by atoms with Crippen LogP contribution in [0.15, 0.2) is 42.5 Å². The minimum Gasteiger partial charge on any atom is -0.374 e. The summed E-state index contributed by atoms with van der Waals surface area (Å²) >= 11 is 2.38. The second-order valence-corrected chi connectivity index (χ2v) is 13.6. The molecule has 1 amide bonds. The molecule has 15 heteroatoms. The first-order valence-electron chi connectivity index (χ1n) is 9.98. The molecule has 0 saturated heterocycles. The maximum Gasteiger partial charge on any atom is 0.245 e. The van der Waals surface area contributed by atoms with Crippen molar-refractivity contribution < 1.29 is 21.6 Å². The van der Waals surface area contributed by atoms with Crippen molar-refractivity contribution in [3.8, 4) is 21.7 Å². The molecule has 2 heterocycles. The van der Waals surface area contributed by atoms with Crippen LogP contribution in [0.1, 0.15) is 10.3 Å². The molecule has 0 bridgehead atoms. The summed E-state index contributed by atoms with van der Waals surface area (Å²) in [6.45, 7) is -0.307. The van der Waals surface area contributed by atoms with Crippen LogP contribution in [-0.2, 0) is 24.7 Å². The van der Waals surface area contributed by atoms with Gasteiger partial charge in [0.2, 0.25) is 21.1 Å². The van der Waals surface area contributed by atoms with Crippen molar-refractivity contribution in [3.63, 3.8) is 0 Å². The molecular weight excluding hydrogens is 533 g/mol. The van der Waals surface area contributed by atoms with Crippen LogP contribution in [0.5, 0.6) is 0 Å². The van der Waals surface area contributed by atoms with Crippen LogP contribution in [0.3, 0.4) is 0 Å². The van der Waals surface area contributed by atoms with Gasteiger partial charge in [-0.25, -0.2) is 27.0 Å². The molecule has 11 nitrogen and oxygen atoms in total. The molecule has 2 aromatic carbocycles. The van der Waals surface area contributed by atoms with Gasteiger partial charge in [-0.2, -0.15) is 0 Å². The Morgan fingerprint density at radius 1 is 1.00 bits per heavy atom. The summed E-state index contributed by atoms with van der Waals surface area (Å²) in [4.78, 5) is 17.0. The van der Waals surface area contributed by atoms with Crippen molar-refractivity contribution in [3.05, 3.63) is 47.5 Å². The second-order valence-electron chi connectivity index (χ2n) is 7.62. The van der Waals surface area contributed by atoms with Crippen LogP contribution < -0.4 is 16.2 Å². The zero-order chi connectivity index (χ0) is 25.4. The largest absolute Gasteiger partial charge is 0.374 e. The SMILES string of the molecule is CS(=O)(=O)C(C(=O)NCCS(N)(=O)=O)c1nc2ccc(-c3ccc(-c4nnc(N)s4)cc3)cc2s1. The molecular formula is C20H20N6O5S4. The Kier molecular flexibility index (Phi) is 6.88. The van der Waals surface area contributed by atoms with Crippen LogP contribution in [0.4, 0.5) is 5.13 Å². The normalized spacial score (nSPS) is 13.1. The number of carbonyl (C=O) groups is 1. The number of aromatic nitrogens is 3. The smallest absolute Gasteiger partial charge is 0.245 e. The van der Waals surface area contributed by atoms with Crippen molar-refractivity contribution in [2.75, 3.05) is 24.3 Å². The topological polar surface area (TPSA) is 188 Å². The summed E-state index contributed by atoms with van der Waals surface area (Å²) in [6, 6.07) is 13.1. The van der Waals surface area contributed by atoms with Gasteiger partial charge in [0.05, 0.1) is 16.0 Å². The number of anilines is 1. The predicted molar refractivity (Wildman–Crippen MR) is 137 cm³/mol. The van der Waals surface area contributed by atoms with Crippen LogP contribution in [0.25, 0.3) is 31.9 Å². The highest BCUT2D eigenvalue weighted by molar-refractivity contribution is 7.91. The van der Waals surface area contributed by atoms with Crippen molar-refractivity contribution >= 4 is 63.8 Å². The first-order valence-corrected chi connectivity index (χ1v) is 15.3. The van der Waals surface area contributed by atoms with E-state index < -0.39 is 36.8 Å². The van der Waals surface area contributed by atoms with Gasteiger partial charge in [-0.1, -0.05) is 41.7 Å². The van der Waals surface area contributed by atoms with E-state index in [0.29, 0.717) is 20.4 Å². The Labute approximate surface area is 209 Å². The summed E-state index contributed by atoms with van der Waals surface area (Å²) in [6.07, 6.45) is 0.932. The summed E-state index contributed by atoms with van der Waals surface area (Å²) < 4.78 is 47.7. The van der Waals surface area contributed by atoms with Gasteiger partial charge in [-0.15, -0.1) is 21.5 Å². The molecule has 5 N–H and O–H groups in total. The fraction of sp³-hybridized carbons (Fsp3) is 0.200. The summed E-state index contributed by atoms with van der Waals surface area (Å²) in [5, 5.41) is 14.7. The Hall–Kier alpha value is -2.98. The number of nitrogens with one attached hydrogen (secondary N) is 1. The molecule has 184 valence electrons. The van der Waals surface area contributed by atoms with E-state index in [0.717, 1.165) is 34.3 Å². The van der Waals surface area contributed by atoms with Crippen LogP contribution in [0.2, 0.25) is 0 Å². The molecule has 0 aliphatic rings. The molecule has 0 saturated carbocycles. The number of carbonyl (C=O) groups excluding carboxylic acids is 1. The average molecular weight is 553 g/mol. The van der Waals surface area contributed by atoms with Crippen LogP contribution >= 0.6 is 22.7 Å². The minimum absolute atomic E-state index is 0.0944. The lowest BCUT2D eigenvalue weighted by Crippen LogP contribution is -2.37. The maximum absolute atomic E-state index is 12.6. The number of sulfonamides is 1. The zero-order valence-electron chi connectivity index (χ0n) is 18.2. The van der Waals surface area contributed by atoms with E-state index in [9.17, 15) is 21.6 Å². The highest BCUT2D eigenvalue weighted by atomic mass is 32.2. The molecule has 4 aromatic rings. The van der Waals surface area contributed by atoms with E-state index in [1.165, 1.54) is 11.3 Å². The van der Waals surface area contributed by atoms with Crippen LogP contribution in [-0.4, -0.2) is 56.5 Å². The molecule has 35 heavy (non-hydrogen) atoms. The molecule has 1 atom stereocenters. The Bertz CT molecular complexity index is 1610. The third kappa shape index (κ3) is 5.99. The first-order chi connectivity index (χ1) is 16.4. The van der Waals surface area contributed by atoms with Crippen molar-refractivity contribution in [2.24, 2.45) is 5.14 Å². The molecule has 0 fully saturated rings. The fourth-order valence-corrected chi connectivity index (χ4v) is 6.84. The van der Waals surface area contributed by atoms with E-state index >= 15 is 0 Å². The monoisotopic (exact) mass is 552 g/mol. The number of rotatable bonds is 8. The summed E-state index contributed by atoms with van der Waals surface area (Å²) in [7, 11) is -7.69. The number of hydrogen-bond acceptors (Lipinski definition) is 11. The van der Waals surface area contributed by atoms with E-state index in [-0.39, 0.29) is 11.6 Å². The highest BCUT2D eigenvalue weighted by Gasteiger charge is 2.34. The Morgan fingerprint density at radius 3 is 2.26 bits per heavy atom. The van der Waals surface area contributed by atoms with Gasteiger partial charge in [0.1, 0.15) is 10.0 Å². The number of amides is 1. The standard InChI is InChI=1S/C20H20N6O5S4/c1-34(28,29)16(17(27)23-8-9-35(22,30)31)19-24-14-7-6-13(10-15(14)32-19)11-2-4-12(5-3-11)18-25-26-20(21)33-18/h2-7,10,16H,8-9H2,1H3,(H2,21,26)(H,23,27)(H2,22,30,31). The van der Waals surface area contributed by atoms with Crippen molar-refractivity contribution in [1.29, 1.82) is 0 Å². The third-order valence-electron chi connectivity index (χ3n) is 4.89. The number of nitrogen functional groups attached to an aromatic ring is 1. The van der Waals surface area contributed by atoms with Gasteiger partial charge in [0.15, 0.2) is 15.1 Å². The van der Waals surface area contributed by atoms with Crippen LogP contribution in [0, 0.1) is 0 Å². The van der Waals surface area contributed by atoms with Gasteiger partial charge < -0.3 is 11.1 Å². The zero-order valence-corrected chi connectivity index (χ0v) is 21.5. The van der Waals surface area contributed by atoms with E-state index in [1.54, 1.807) is 6.07 Å².